The molecule has 0 aliphatic carbocycles. The van der Waals surface area contributed by atoms with Crippen LogP contribution in [-0.4, -0.2) is 47.2 Å². The van der Waals surface area contributed by atoms with E-state index in [1.165, 1.54) is 25.3 Å². The van der Waals surface area contributed by atoms with E-state index in [0.29, 0.717) is 24.0 Å². The average Bonchev–Trinajstić information content (AvgIpc) is 2.88. The molecule has 0 fully saturated rings. The summed E-state index contributed by atoms with van der Waals surface area (Å²) in [6.07, 6.45) is -1.05. The summed E-state index contributed by atoms with van der Waals surface area (Å²) in [5.41, 5.74) is 1.30. The third kappa shape index (κ3) is 5.87. The van der Waals surface area contributed by atoms with Gasteiger partial charge in [0, 0.05) is 11.6 Å². The van der Waals surface area contributed by atoms with Crippen molar-refractivity contribution in [3.05, 3.63) is 83.4 Å². The lowest BCUT2D eigenvalue weighted by Gasteiger charge is -2.34. The quantitative estimate of drug-likeness (QED) is 0.436. The number of ether oxygens (including phenoxy) is 3. The SMILES string of the molecule is COc1ccc(S(=O)(=O)N2C[C@@H](C(=O)NCCOCc3ccccc3)Oc3ccc(Cl)cc32)cc1. The Morgan fingerprint density at radius 1 is 1.11 bits per heavy atom. The van der Waals surface area contributed by atoms with Crippen molar-refractivity contribution in [2.75, 3.05) is 31.1 Å². The van der Waals surface area contributed by atoms with Crippen molar-refractivity contribution < 1.29 is 27.4 Å². The van der Waals surface area contributed by atoms with Crippen LogP contribution in [0.25, 0.3) is 0 Å². The number of nitrogens with zero attached hydrogens (tertiary/aromatic N) is 1. The van der Waals surface area contributed by atoms with Crippen LogP contribution in [0.3, 0.4) is 0 Å². The topological polar surface area (TPSA) is 94.2 Å². The van der Waals surface area contributed by atoms with Gasteiger partial charge >= 0.3 is 0 Å². The lowest BCUT2D eigenvalue weighted by atomic mass is 10.2. The van der Waals surface area contributed by atoms with Gasteiger partial charge in [0.15, 0.2) is 6.10 Å². The molecule has 1 atom stereocenters. The fourth-order valence-corrected chi connectivity index (χ4v) is 5.22. The van der Waals surface area contributed by atoms with Crippen LogP contribution in [0.4, 0.5) is 5.69 Å². The third-order valence-electron chi connectivity index (χ3n) is 5.39. The van der Waals surface area contributed by atoms with Crippen LogP contribution in [0.1, 0.15) is 5.56 Å². The second kappa shape index (κ2) is 11.0. The summed E-state index contributed by atoms with van der Waals surface area (Å²) in [5, 5.41) is 3.10. The predicted octanol–water partition coefficient (Wildman–Crippen LogP) is 3.64. The Hall–Kier alpha value is -3.27. The first-order valence-electron chi connectivity index (χ1n) is 10.9. The Morgan fingerprint density at radius 2 is 1.86 bits per heavy atom. The van der Waals surface area contributed by atoms with E-state index in [1.54, 1.807) is 24.3 Å². The number of nitrogens with one attached hydrogen (secondary N) is 1. The fourth-order valence-electron chi connectivity index (χ4n) is 3.59. The number of carbonyl (C=O) groups excluding carboxylic acids is 1. The van der Waals surface area contributed by atoms with Crippen molar-refractivity contribution in [2.24, 2.45) is 0 Å². The highest BCUT2D eigenvalue weighted by Gasteiger charge is 2.37. The number of benzene rings is 3. The molecule has 0 saturated heterocycles. The number of halogens is 1. The third-order valence-corrected chi connectivity index (χ3v) is 7.42. The van der Waals surface area contributed by atoms with Gasteiger partial charge in [-0.25, -0.2) is 8.42 Å². The molecule has 1 heterocycles. The predicted molar refractivity (Wildman–Crippen MR) is 133 cm³/mol. The summed E-state index contributed by atoms with van der Waals surface area (Å²) in [7, 11) is -2.51. The van der Waals surface area contributed by atoms with Crippen LogP contribution >= 0.6 is 11.6 Å². The summed E-state index contributed by atoms with van der Waals surface area (Å²) in [6, 6.07) is 20.4. The number of methoxy groups -OCH3 is 1. The van der Waals surface area contributed by atoms with E-state index < -0.39 is 22.0 Å². The zero-order chi connectivity index (χ0) is 24.8. The average molecular weight is 517 g/mol. The highest BCUT2D eigenvalue weighted by Crippen LogP contribution is 2.39. The minimum Gasteiger partial charge on any atom is -0.497 e. The molecule has 184 valence electrons. The zero-order valence-corrected chi connectivity index (χ0v) is 20.6. The maximum Gasteiger partial charge on any atom is 0.264 e. The Balaban J connectivity index is 1.46. The van der Waals surface area contributed by atoms with Gasteiger partial charge < -0.3 is 19.5 Å². The van der Waals surface area contributed by atoms with Crippen LogP contribution in [0.15, 0.2) is 77.7 Å². The molecule has 1 amide bonds. The Kier molecular flexibility index (Phi) is 7.80. The van der Waals surface area contributed by atoms with Crippen molar-refractivity contribution in [1.82, 2.24) is 5.32 Å². The standard InChI is InChI=1S/C25H25ClN2O6S/c1-32-20-8-10-21(11-9-20)35(30,31)28-16-24(34-23-12-7-19(26)15-22(23)28)25(29)27-13-14-33-17-18-5-3-2-4-6-18/h2-12,15,24H,13-14,16-17H2,1H3,(H,27,29)/t24-/m0/s1. The summed E-state index contributed by atoms with van der Waals surface area (Å²) in [4.78, 5) is 12.9. The maximum atomic E-state index is 13.5. The molecule has 0 unspecified atom stereocenters. The van der Waals surface area contributed by atoms with Gasteiger partial charge in [0.05, 0.1) is 37.5 Å². The van der Waals surface area contributed by atoms with Gasteiger partial charge in [-0.3, -0.25) is 9.10 Å². The first kappa shape index (κ1) is 24.8. The minimum atomic E-state index is -4.01. The van der Waals surface area contributed by atoms with Gasteiger partial charge in [-0.1, -0.05) is 41.9 Å². The lowest BCUT2D eigenvalue weighted by molar-refractivity contribution is -0.128. The normalized spacial score (nSPS) is 15.1. The Morgan fingerprint density at radius 3 is 2.57 bits per heavy atom. The van der Waals surface area contributed by atoms with Crippen molar-refractivity contribution in [3.63, 3.8) is 0 Å². The van der Waals surface area contributed by atoms with E-state index in [9.17, 15) is 13.2 Å². The number of sulfonamides is 1. The molecule has 3 aromatic carbocycles. The maximum absolute atomic E-state index is 13.5. The van der Waals surface area contributed by atoms with Gasteiger partial charge in [0.1, 0.15) is 11.5 Å². The molecular formula is C25H25ClN2O6S. The number of anilines is 1. The van der Waals surface area contributed by atoms with Crippen molar-refractivity contribution >= 4 is 33.2 Å². The van der Waals surface area contributed by atoms with E-state index in [2.05, 4.69) is 5.32 Å². The highest BCUT2D eigenvalue weighted by molar-refractivity contribution is 7.92. The first-order valence-corrected chi connectivity index (χ1v) is 12.7. The molecule has 10 heteroatoms. The first-order chi connectivity index (χ1) is 16.9. The van der Waals surface area contributed by atoms with Crippen LogP contribution < -0.4 is 19.1 Å². The molecule has 1 aliphatic rings. The largest absolute Gasteiger partial charge is 0.497 e. The van der Waals surface area contributed by atoms with E-state index in [-0.39, 0.29) is 29.4 Å². The Labute approximate surface area is 209 Å². The van der Waals surface area contributed by atoms with E-state index in [1.807, 2.05) is 30.3 Å². The highest BCUT2D eigenvalue weighted by atomic mass is 35.5. The number of rotatable bonds is 9. The van der Waals surface area contributed by atoms with Crippen LogP contribution in [0, 0.1) is 0 Å². The molecule has 0 bridgehead atoms. The van der Waals surface area contributed by atoms with Gasteiger partial charge in [0.25, 0.3) is 15.9 Å². The second-order valence-electron chi connectivity index (χ2n) is 7.76. The number of carbonyl (C=O) groups is 1. The zero-order valence-electron chi connectivity index (χ0n) is 19.0. The van der Waals surface area contributed by atoms with Crippen molar-refractivity contribution in [3.8, 4) is 11.5 Å². The second-order valence-corrected chi connectivity index (χ2v) is 10.1. The molecule has 8 nitrogen and oxygen atoms in total. The van der Waals surface area contributed by atoms with Gasteiger partial charge in [-0.05, 0) is 48.0 Å². The number of fused-ring (bicyclic) bond motifs is 1. The van der Waals surface area contributed by atoms with Gasteiger partial charge in [0.2, 0.25) is 0 Å². The lowest BCUT2D eigenvalue weighted by Crippen LogP contribution is -2.51. The van der Waals surface area contributed by atoms with Crippen LogP contribution in [0.5, 0.6) is 11.5 Å². The molecule has 1 N–H and O–H groups in total. The van der Waals surface area contributed by atoms with Crippen LogP contribution in [0.2, 0.25) is 5.02 Å². The van der Waals surface area contributed by atoms with Gasteiger partial charge in [-0.2, -0.15) is 0 Å². The molecule has 0 radical (unpaired) electrons. The molecule has 3 aromatic rings. The van der Waals surface area contributed by atoms with Gasteiger partial charge in [-0.15, -0.1) is 0 Å². The molecule has 0 aromatic heterocycles. The minimum absolute atomic E-state index is 0.0552. The summed E-state index contributed by atoms with van der Waals surface area (Å²) < 4.78 is 44.7. The number of hydrogen-bond acceptors (Lipinski definition) is 6. The monoisotopic (exact) mass is 516 g/mol. The van der Waals surface area contributed by atoms with Crippen molar-refractivity contribution in [2.45, 2.75) is 17.6 Å². The summed E-state index contributed by atoms with van der Waals surface area (Å²) in [6.45, 7) is 0.773. The van der Waals surface area contributed by atoms with Crippen LogP contribution in [-0.2, 0) is 26.2 Å². The summed E-state index contributed by atoms with van der Waals surface area (Å²) in [5.74, 6) is 0.336. The van der Waals surface area contributed by atoms with Crippen molar-refractivity contribution in [1.29, 1.82) is 0 Å². The molecular weight excluding hydrogens is 492 g/mol. The molecule has 1 aliphatic heterocycles. The molecule has 35 heavy (non-hydrogen) atoms. The van der Waals surface area contributed by atoms with E-state index in [4.69, 9.17) is 25.8 Å². The fraction of sp³-hybridized carbons (Fsp3) is 0.240. The molecule has 0 saturated carbocycles. The number of hydrogen-bond donors (Lipinski definition) is 1. The van der Waals surface area contributed by atoms with E-state index >= 15 is 0 Å². The number of amides is 1. The smallest absolute Gasteiger partial charge is 0.264 e. The van der Waals surface area contributed by atoms with E-state index in [0.717, 1.165) is 9.87 Å². The molecule has 4 rings (SSSR count). The Bertz CT molecular complexity index is 1270. The molecule has 0 spiro atoms. The summed E-state index contributed by atoms with van der Waals surface area (Å²) >= 11 is 6.13.